The lowest BCUT2D eigenvalue weighted by atomic mass is 10.0. The van der Waals surface area contributed by atoms with Gasteiger partial charge in [-0.1, -0.05) is 32.1 Å². The molecular formula is C20H22N2O5. The molecule has 27 heavy (non-hydrogen) atoms. The van der Waals surface area contributed by atoms with Crippen molar-refractivity contribution in [2.45, 2.75) is 38.8 Å². The van der Waals surface area contributed by atoms with E-state index in [-0.39, 0.29) is 5.92 Å². The van der Waals surface area contributed by atoms with Gasteiger partial charge in [0.25, 0.3) is 17.7 Å². The number of rotatable bonds is 4. The second-order valence-electron chi connectivity index (χ2n) is 6.96. The fourth-order valence-corrected chi connectivity index (χ4v) is 3.60. The minimum Gasteiger partial charge on any atom is -0.467 e. The monoisotopic (exact) mass is 370 g/mol. The molecule has 0 fully saturated rings. The van der Waals surface area contributed by atoms with Crippen molar-refractivity contribution in [1.82, 2.24) is 9.80 Å². The molecule has 1 unspecified atom stereocenters. The Morgan fingerprint density at radius 3 is 2.22 bits per heavy atom. The maximum Gasteiger partial charge on any atom is 0.329 e. The van der Waals surface area contributed by atoms with Gasteiger partial charge in [0.2, 0.25) is 0 Å². The minimum absolute atomic E-state index is 0.202. The molecule has 142 valence electrons. The largest absolute Gasteiger partial charge is 0.467 e. The number of nitrogens with zero attached hydrogens (tertiary/aromatic N) is 2. The molecule has 2 aliphatic heterocycles. The average Bonchev–Trinajstić information content (AvgIpc) is 2.78. The molecule has 2 atom stereocenters. The van der Waals surface area contributed by atoms with E-state index in [1.165, 1.54) is 12.0 Å². The van der Waals surface area contributed by atoms with E-state index < -0.39 is 35.8 Å². The number of ether oxygens (including phenoxy) is 1. The van der Waals surface area contributed by atoms with Crippen LogP contribution in [-0.2, 0) is 14.3 Å². The number of fused-ring (bicyclic) bond motifs is 1. The first-order chi connectivity index (χ1) is 12.9. The lowest BCUT2D eigenvalue weighted by Crippen LogP contribution is -2.54. The molecule has 7 heteroatoms. The van der Waals surface area contributed by atoms with Crippen LogP contribution in [0, 0.1) is 5.92 Å². The molecule has 0 N–H and O–H groups in total. The van der Waals surface area contributed by atoms with E-state index in [4.69, 9.17) is 4.74 Å². The summed E-state index contributed by atoms with van der Waals surface area (Å²) in [5, 5.41) is 0. The first-order valence-corrected chi connectivity index (χ1v) is 8.92. The van der Waals surface area contributed by atoms with E-state index in [1.54, 1.807) is 36.5 Å². The molecule has 2 heterocycles. The topological polar surface area (TPSA) is 84.0 Å². The van der Waals surface area contributed by atoms with Crippen molar-refractivity contribution >= 4 is 23.7 Å². The minimum atomic E-state index is -0.960. The molecule has 1 aromatic carbocycles. The second kappa shape index (κ2) is 7.34. The normalized spacial score (nSPS) is 20.7. The van der Waals surface area contributed by atoms with Crippen molar-refractivity contribution in [1.29, 1.82) is 0 Å². The molecule has 0 saturated carbocycles. The fourth-order valence-electron chi connectivity index (χ4n) is 3.60. The predicted molar refractivity (Wildman–Crippen MR) is 96.6 cm³/mol. The number of allylic oxidation sites excluding steroid dienone is 1. The molecule has 3 amide bonds. The van der Waals surface area contributed by atoms with Gasteiger partial charge in [0.05, 0.1) is 18.2 Å². The van der Waals surface area contributed by atoms with Crippen LogP contribution in [0.5, 0.6) is 0 Å². The summed E-state index contributed by atoms with van der Waals surface area (Å²) in [6.45, 7) is 3.62. The first kappa shape index (κ1) is 18.8. The highest BCUT2D eigenvalue weighted by molar-refractivity contribution is 6.22. The highest BCUT2D eigenvalue weighted by atomic mass is 16.5. The highest BCUT2D eigenvalue weighted by Gasteiger charge is 2.45. The van der Waals surface area contributed by atoms with Crippen LogP contribution < -0.4 is 0 Å². The van der Waals surface area contributed by atoms with Crippen LogP contribution in [0.3, 0.4) is 0 Å². The van der Waals surface area contributed by atoms with Gasteiger partial charge in [0.1, 0.15) is 12.1 Å². The van der Waals surface area contributed by atoms with E-state index in [9.17, 15) is 19.2 Å². The zero-order valence-electron chi connectivity index (χ0n) is 15.5. The predicted octanol–water partition coefficient (Wildman–Crippen LogP) is 1.98. The lowest BCUT2D eigenvalue weighted by Gasteiger charge is -2.33. The maximum atomic E-state index is 13.3. The second-order valence-corrected chi connectivity index (χ2v) is 6.96. The van der Waals surface area contributed by atoms with Crippen LogP contribution in [0.25, 0.3) is 0 Å². The summed E-state index contributed by atoms with van der Waals surface area (Å²) in [5.41, 5.74) is 0.597. The maximum absolute atomic E-state index is 13.3. The van der Waals surface area contributed by atoms with Gasteiger partial charge in [-0.3, -0.25) is 19.3 Å². The van der Waals surface area contributed by atoms with Crippen LogP contribution in [0.15, 0.2) is 36.5 Å². The Kier molecular flexibility index (Phi) is 5.12. The highest BCUT2D eigenvalue weighted by Crippen LogP contribution is 2.29. The Balaban J connectivity index is 1.96. The molecule has 2 aliphatic rings. The zero-order valence-corrected chi connectivity index (χ0v) is 15.5. The van der Waals surface area contributed by atoms with Crippen LogP contribution >= 0.6 is 0 Å². The summed E-state index contributed by atoms with van der Waals surface area (Å²) in [6, 6.07) is 4.74. The third kappa shape index (κ3) is 3.13. The molecule has 3 rings (SSSR count). The van der Waals surface area contributed by atoms with Crippen LogP contribution in [0.2, 0.25) is 0 Å². The van der Waals surface area contributed by atoms with Gasteiger partial charge < -0.3 is 9.64 Å². The van der Waals surface area contributed by atoms with Crippen molar-refractivity contribution in [3.05, 3.63) is 47.7 Å². The summed E-state index contributed by atoms with van der Waals surface area (Å²) in [7, 11) is 1.27. The number of imide groups is 1. The van der Waals surface area contributed by atoms with Gasteiger partial charge in [-0.05, 0) is 30.9 Å². The van der Waals surface area contributed by atoms with Crippen molar-refractivity contribution in [3.8, 4) is 0 Å². The number of amides is 3. The lowest BCUT2D eigenvalue weighted by molar-refractivity contribution is -0.153. The molecule has 0 radical (unpaired) electrons. The van der Waals surface area contributed by atoms with Gasteiger partial charge in [-0.2, -0.15) is 0 Å². The molecule has 0 saturated heterocycles. The number of methoxy groups -OCH3 is 1. The Labute approximate surface area is 157 Å². The Bertz CT molecular complexity index is 794. The smallest absolute Gasteiger partial charge is 0.329 e. The number of benzene rings is 1. The molecule has 0 aliphatic carbocycles. The third-order valence-electron chi connectivity index (χ3n) is 4.92. The number of esters is 1. The van der Waals surface area contributed by atoms with E-state index in [0.717, 1.165) is 4.90 Å². The van der Waals surface area contributed by atoms with Gasteiger partial charge in [0, 0.05) is 6.20 Å². The standard InChI is InChI=1S/C20H22N2O5/c1-12(2)16(20(26)27-3)21-11-7-6-10-15(19(21)25)22-17(23)13-8-4-5-9-14(13)18(22)24/h4-5,7-9,11-12,15-16H,6,10H2,1-3H3/t15?,16-/m0/s1. The van der Waals surface area contributed by atoms with E-state index in [2.05, 4.69) is 0 Å². The summed E-state index contributed by atoms with van der Waals surface area (Å²) < 4.78 is 4.86. The van der Waals surface area contributed by atoms with Gasteiger partial charge in [-0.25, -0.2) is 4.79 Å². The number of hydrogen-bond acceptors (Lipinski definition) is 5. The van der Waals surface area contributed by atoms with Crippen LogP contribution in [-0.4, -0.2) is 52.7 Å². The average molecular weight is 370 g/mol. The SMILES string of the molecule is COC(=O)[C@H](C(C)C)N1C=CCCC(N2C(=O)c3ccccc3C2=O)C1=O. The van der Waals surface area contributed by atoms with Crippen LogP contribution in [0.1, 0.15) is 47.4 Å². The zero-order chi connectivity index (χ0) is 19.7. The number of hydrogen-bond donors (Lipinski definition) is 0. The Morgan fingerprint density at radius 1 is 1.11 bits per heavy atom. The molecule has 0 bridgehead atoms. The van der Waals surface area contributed by atoms with Crippen molar-refractivity contribution in [2.24, 2.45) is 5.92 Å². The Hall–Kier alpha value is -2.96. The van der Waals surface area contributed by atoms with E-state index in [0.29, 0.717) is 24.0 Å². The van der Waals surface area contributed by atoms with Crippen molar-refractivity contribution in [3.63, 3.8) is 0 Å². The van der Waals surface area contributed by atoms with Gasteiger partial charge in [-0.15, -0.1) is 0 Å². The summed E-state index contributed by atoms with van der Waals surface area (Å²) in [6.07, 6.45) is 4.14. The van der Waals surface area contributed by atoms with E-state index >= 15 is 0 Å². The summed E-state index contributed by atoms with van der Waals surface area (Å²) in [5.74, 6) is -2.15. The Morgan fingerprint density at radius 2 is 1.70 bits per heavy atom. The molecule has 1 aromatic rings. The number of carbonyl (C=O) groups excluding carboxylic acids is 4. The van der Waals surface area contributed by atoms with E-state index in [1.807, 2.05) is 13.8 Å². The summed E-state index contributed by atoms with van der Waals surface area (Å²) >= 11 is 0. The quantitative estimate of drug-likeness (QED) is 0.598. The molecule has 0 spiro atoms. The molecule has 7 nitrogen and oxygen atoms in total. The van der Waals surface area contributed by atoms with Crippen molar-refractivity contribution in [2.75, 3.05) is 7.11 Å². The third-order valence-corrected chi connectivity index (χ3v) is 4.92. The van der Waals surface area contributed by atoms with Crippen molar-refractivity contribution < 1.29 is 23.9 Å². The first-order valence-electron chi connectivity index (χ1n) is 8.92. The van der Waals surface area contributed by atoms with Gasteiger partial charge >= 0.3 is 5.97 Å². The number of carbonyl (C=O) groups is 4. The van der Waals surface area contributed by atoms with Gasteiger partial charge in [0.15, 0.2) is 0 Å². The molecular weight excluding hydrogens is 348 g/mol. The summed E-state index contributed by atoms with van der Waals surface area (Å²) in [4.78, 5) is 53.4. The molecule has 0 aromatic heterocycles. The fraction of sp³-hybridized carbons (Fsp3) is 0.400. The van der Waals surface area contributed by atoms with Crippen LogP contribution in [0.4, 0.5) is 0 Å².